The summed E-state index contributed by atoms with van der Waals surface area (Å²) in [5, 5.41) is 10.9. The summed E-state index contributed by atoms with van der Waals surface area (Å²) < 4.78 is 10.9. The smallest absolute Gasteiger partial charge is 0.313 e. The number of nitrogens with one attached hydrogen (secondary N) is 1. The summed E-state index contributed by atoms with van der Waals surface area (Å²) in [6.45, 7) is 0. The maximum atomic E-state index is 10.9. The number of nitriles is 1. The van der Waals surface area contributed by atoms with Crippen LogP contribution < -0.4 is 5.09 Å². The van der Waals surface area contributed by atoms with Crippen molar-refractivity contribution in [2.24, 2.45) is 0 Å². The lowest BCUT2D eigenvalue weighted by molar-refractivity contribution is 0.595. The summed E-state index contributed by atoms with van der Waals surface area (Å²) in [4.78, 5) is 0. The van der Waals surface area contributed by atoms with E-state index in [-0.39, 0.29) is 0 Å². The van der Waals surface area contributed by atoms with Gasteiger partial charge in [0.05, 0.1) is 11.6 Å². The highest BCUT2D eigenvalue weighted by Crippen LogP contribution is 2.55. The quantitative estimate of drug-likeness (QED) is 0.797. The van der Waals surface area contributed by atoms with E-state index in [0.29, 0.717) is 11.3 Å². The number of hydrogen-bond donors (Lipinski definition) is 1. The lowest BCUT2D eigenvalue weighted by atomic mass is 10.2. The van der Waals surface area contributed by atoms with Gasteiger partial charge in [-0.25, -0.2) is 0 Å². The van der Waals surface area contributed by atoms with E-state index in [2.05, 4.69) is 5.09 Å². The second-order valence-electron chi connectivity index (χ2n) is 2.26. The normalized spacial score (nSPS) is 10.5. The molecule has 0 saturated heterocycles. The van der Waals surface area contributed by atoms with Crippen LogP contribution in [0.1, 0.15) is 5.56 Å². The van der Waals surface area contributed by atoms with E-state index < -0.39 is 6.00 Å². The molecule has 6 heteroatoms. The Labute approximate surface area is 85.3 Å². The third-order valence-corrected chi connectivity index (χ3v) is 2.30. The van der Waals surface area contributed by atoms with Crippen LogP contribution in [0.15, 0.2) is 24.3 Å². The summed E-state index contributed by atoms with van der Waals surface area (Å²) in [6, 6.07) is 8.26. The van der Waals surface area contributed by atoms with Crippen molar-refractivity contribution in [3.8, 4) is 6.07 Å². The third kappa shape index (κ3) is 3.69. The van der Waals surface area contributed by atoms with Crippen LogP contribution in [-0.4, -0.2) is 0 Å². The van der Waals surface area contributed by atoms with Crippen molar-refractivity contribution in [1.82, 2.24) is 0 Å². The van der Waals surface area contributed by atoms with E-state index in [0.717, 1.165) is 0 Å². The summed E-state index contributed by atoms with van der Waals surface area (Å²) in [7, 11) is 0. The van der Waals surface area contributed by atoms with Gasteiger partial charge in [-0.2, -0.15) is 5.26 Å². The minimum atomic E-state index is -3.30. The van der Waals surface area contributed by atoms with Crippen molar-refractivity contribution in [1.29, 1.82) is 5.26 Å². The minimum absolute atomic E-state index is 0.518. The Morgan fingerprint density at radius 2 is 1.85 bits per heavy atom. The number of halogens is 2. The van der Waals surface area contributed by atoms with Gasteiger partial charge in [0, 0.05) is 5.69 Å². The fourth-order valence-electron chi connectivity index (χ4n) is 0.770. The summed E-state index contributed by atoms with van der Waals surface area (Å²) >= 11 is 10.6. The lowest BCUT2D eigenvalue weighted by Gasteiger charge is -2.05. The molecule has 0 saturated carbocycles. The standard InChI is InChI=1S/C7H5Cl2N2OP/c8-13(9,12)11-7-3-1-6(5-10)2-4-7/h1-4H,(H,11,12). The van der Waals surface area contributed by atoms with Crippen LogP contribution in [-0.2, 0) is 4.57 Å². The van der Waals surface area contributed by atoms with Gasteiger partial charge >= 0.3 is 6.00 Å². The number of rotatable bonds is 2. The molecule has 68 valence electrons. The average Bonchev–Trinajstić information content (AvgIpc) is 2.03. The number of hydrogen-bond acceptors (Lipinski definition) is 2. The SMILES string of the molecule is N#Cc1ccc(NP(=O)(Cl)Cl)cc1. The van der Waals surface area contributed by atoms with Crippen molar-refractivity contribution in [2.75, 3.05) is 5.09 Å². The molecule has 0 atom stereocenters. The van der Waals surface area contributed by atoms with Crippen LogP contribution in [0.3, 0.4) is 0 Å². The van der Waals surface area contributed by atoms with E-state index in [1.807, 2.05) is 6.07 Å². The molecule has 0 aliphatic heterocycles. The van der Waals surface area contributed by atoms with Gasteiger partial charge in [-0.15, -0.1) is 0 Å². The molecule has 0 amide bonds. The average molecular weight is 235 g/mol. The Morgan fingerprint density at radius 3 is 2.23 bits per heavy atom. The molecule has 0 radical (unpaired) electrons. The topological polar surface area (TPSA) is 52.9 Å². The predicted octanol–water partition coefficient (Wildman–Crippen LogP) is 3.56. The first kappa shape index (κ1) is 10.4. The number of nitrogens with zero attached hydrogens (tertiary/aromatic N) is 1. The number of benzene rings is 1. The second kappa shape index (κ2) is 4.02. The van der Waals surface area contributed by atoms with Crippen molar-refractivity contribution < 1.29 is 4.57 Å². The van der Waals surface area contributed by atoms with Gasteiger partial charge in [0.2, 0.25) is 0 Å². The van der Waals surface area contributed by atoms with Crippen molar-refractivity contribution >= 4 is 34.2 Å². The molecular formula is C7H5Cl2N2OP. The lowest BCUT2D eigenvalue weighted by Crippen LogP contribution is -1.86. The molecule has 13 heavy (non-hydrogen) atoms. The van der Waals surface area contributed by atoms with Crippen molar-refractivity contribution in [3.05, 3.63) is 29.8 Å². The summed E-state index contributed by atoms with van der Waals surface area (Å²) in [6.07, 6.45) is 0. The molecule has 0 aliphatic carbocycles. The van der Waals surface area contributed by atoms with Crippen LogP contribution in [0.5, 0.6) is 0 Å². The zero-order chi connectivity index (χ0) is 9.90. The predicted molar refractivity (Wildman–Crippen MR) is 54.1 cm³/mol. The Hall–Kier alpha value is -0.680. The van der Waals surface area contributed by atoms with Gasteiger partial charge in [-0.1, -0.05) is 0 Å². The van der Waals surface area contributed by atoms with Gasteiger partial charge < -0.3 is 5.09 Å². The van der Waals surface area contributed by atoms with Gasteiger partial charge in [0.1, 0.15) is 0 Å². The Balaban J connectivity index is 2.83. The van der Waals surface area contributed by atoms with Crippen LogP contribution in [0, 0.1) is 11.3 Å². The summed E-state index contributed by atoms with van der Waals surface area (Å²) in [5.74, 6) is -3.30. The van der Waals surface area contributed by atoms with Gasteiger partial charge in [-0.3, -0.25) is 4.57 Å². The maximum absolute atomic E-state index is 10.9. The largest absolute Gasteiger partial charge is 0.343 e. The fourth-order valence-corrected chi connectivity index (χ4v) is 1.80. The zero-order valence-corrected chi connectivity index (χ0v) is 8.77. The maximum Gasteiger partial charge on any atom is 0.343 e. The highest BCUT2D eigenvalue weighted by Gasteiger charge is 2.12. The molecule has 0 aromatic heterocycles. The van der Waals surface area contributed by atoms with E-state index in [9.17, 15) is 4.57 Å². The molecule has 0 unspecified atom stereocenters. The van der Waals surface area contributed by atoms with Crippen LogP contribution >= 0.6 is 28.5 Å². The van der Waals surface area contributed by atoms with Crippen molar-refractivity contribution in [2.45, 2.75) is 0 Å². The molecule has 1 aromatic rings. The highest BCUT2D eigenvalue weighted by atomic mass is 35.9. The fraction of sp³-hybridized carbons (Fsp3) is 0. The first-order valence-electron chi connectivity index (χ1n) is 3.29. The van der Waals surface area contributed by atoms with Crippen LogP contribution in [0.4, 0.5) is 5.69 Å². The third-order valence-electron chi connectivity index (χ3n) is 1.27. The molecule has 0 heterocycles. The second-order valence-corrected chi connectivity index (χ2v) is 6.79. The monoisotopic (exact) mass is 234 g/mol. The van der Waals surface area contributed by atoms with E-state index in [4.69, 9.17) is 27.7 Å². The van der Waals surface area contributed by atoms with Gasteiger partial charge in [-0.05, 0) is 46.7 Å². The van der Waals surface area contributed by atoms with E-state index in [1.165, 1.54) is 0 Å². The Bertz CT molecular complexity index is 378. The zero-order valence-electron chi connectivity index (χ0n) is 6.37. The molecule has 1 rings (SSSR count). The first-order chi connectivity index (χ1) is 6.01. The van der Waals surface area contributed by atoms with E-state index in [1.54, 1.807) is 24.3 Å². The van der Waals surface area contributed by atoms with Crippen LogP contribution in [0.25, 0.3) is 0 Å². The van der Waals surface area contributed by atoms with Crippen molar-refractivity contribution in [3.63, 3.8) is 0 Å². The van der Waals surface area contributed by atoms with Gasteiger partial charge in [0.25, 0.3) is 0 Å². The molecule has 1 N–H and O–H groups in total. The molecular weight excluding hydrogens is 230 g/mol. The first-order valence-corrected chi connectivity index (χ1v) is 6.81. The van der Waals surface area contributed by atoms with E-state index >= 15 is 0 Å². The Morgan fingerprint density at radius 1 is 1.31 bits per heavy atom. The molecule has 3 nitrogen and oxygen atoms in total. The highest BCUT2D eigenvalue weighted by molar-refractivity contribution is 8.09. The minimum Gasteiger partial charge on any atom is -0.313 e. The number of anilines is 1. The summed E-state index contributed by atoms with van der Waals surface area (Å²) in [5.41, 5.74) is 1.04. The Kier molecular flexibility index (Phi) is 3.22. The molecule has 0 bridgehead atoms. The molecule has 0 aliphatic rings. The molecule has 1 aromatic carbocycles. The molecule has 0 spiro atoms. The van der Waals surface area contributed by atoms with Gasteiger partial charge in [0.15, 0.2) is 0 Å². The molecule has 0 fully saturated rings. The van der Waals surface area contributed by atoms with Crippen LogP contribution in [0.2, 0.25) is 0 Å².